The van der Waals surface area contributed by atoms with Crippen molar-refractivity contribution < 1.29 is 19.1 Å². The number of imidazole rings is 1. The van der Waals surface area contributed by atoms with Gasteiger partial charge in [-0.2, -0.15) is 0 Å². The van der Waals surface area contributed by atoms with E-state index in [1.165, 1.54) is 0 Å². The molecule has 0 saturated heterocycles. The van der Waals surface area contributed by atoms with E-state index in [0.29, 0.717) is 17.9 Å². The van der Waals surface area contributed by atoms with Gasteiger partial charge in [0.25, 0.3) is 5.91 Å². The topological polar surface area (TPSA) is 82.5 Å². The molecule has 0 aliphatic carbocycles. The number of nitrogens with one attached hydrogen (secondary N) is 1. The Balaban J connectivity index is 1.50. The largest absolute Gasteiger partial charge is 0.497 e. The zero-order valence-corrected chi connectivity index (χ0v) is 19.0. The second-order valence-electron chi connectivity index (χ2n) is 7.94. The zero-order valence-electron chi connectivity index (χ0n) is 19.0. The highest BCUT2D eigenvalue weighted by atomic mass is 16.5. The van der Waals surface area contributed by atoms with Crippen LogP contribution in [0.15, 0.2) is 48.5 Å². The molecular weight excluding hydrogens is 406 g/mol. The fraction of sp³-hybridized carbons (Fsp3) is 0.400. The number of fused-ring (bicyclic) bond motifs is 1. The summed E-state index contributed by atoms with van der Waals surface area (Å²) in [6.07, 6.45) is 3.34. The molecule has 0 fully saturated rings. The lowest BCUT2D eigenvalue weighted by Gasteiger charge is -2.11. The molecule has 1 heterocycles. The molecular formula is C25H31N3O4. The third-order valence-electron chi connectivity index (χ3n) is 5.08. The summed E-state index contributed by atoms with van der Waals surface area (Å²) in [5.74, 6) is 1.18. The van der Waals surface area contributed by atoms with Gasteiger partial charge in [-0.1, -0.05) is 24.6 Å². The third-order valence-corrected chi connectivity index (χ3v) is 5.08. The van der Waals surface area contributed by atoms with Gasteiger partial charge in [-0.15, -0.1) is 0 Å². The molecule has 0 saturated carbocycles. The van der Waals surface area contributed by atoms with E-state index in [1.807, 2.05) is 48.7 Å². The molecule has 1 amide bonds. The minimum Gasteiger partial charge on any atom is -0.497 e. The summed E-state index contributed by atoms with van der Waals surface area (Å²) in [7, 11) is 1.58. The van der Waals surface area contributed by atoms with Crippen LogP contribution in [0.5, 0.6) is 5.75 Å². The zero-order chi connectivity index (χ0) is 22.9. The first-order valence-corrected chi connectivity index (χ1v) is 11.0. The first-order valence-electron chi connectivity index (χ1n) is 11.0. The van der Waals surface area contributed by atoms with Crippen LogP contribution in [0.2, 0.25) is 0 Å². The fourth-order valence-electron chi connectivity index (χ4n) is 3.58. The summed E-state index contributed by atoms with van der Waals surface area (Å²) >= 11 is 0. The number of ether oxygens (including phenoxy) is 2. The summed E-state index contributed by atoms with van der Waals surface area (Å²) in [5.41, 5.74) is 2.41. The van der Waals surface area contributed by atoms with Gasteiger partial charge in [0.1, 0.15) is 18.1 Å². The molecule has 0 spiro atoms. The van der Waals surface area contributed by atoms with Gasteiger partial charge >= 0.3 is 5.97 Å². The standard InChI is InChI=1S/C25H31N3O4/c1-18(2)32-24(29)17-28-22-13-7-6-12-21(22)27-23(28)14-5-4-8-15-26-25(30)19-10-9-11-20(16-19)31-3/h6-7,9-13,16,18H,4-5,8,14-15,17H2,1-3H3,(H,26,30). The molecule has 0 atom stereocenters. The van der Waals surface area contributed by atoms with E-state index in [4.69, 9.17) is 14.5 Å². The van der Waals surface area contributed by atoms with Gasteiger partial charge in [0, 0.05) is 18.5 Å². The molecule has 2 aromatic carbocycles. The molecule has 7 heteroatoms. The number of carbonyl (C=O) groups excluding carboxylic acids is 2. The highest BCUT2D eigenvalue weighted by Gasteiger charge is 2.15. The summed E-state index contributed by atoms with van der Waals surface area (Å²) < 4.78 is 12.4. The van der Waals surface area contributed by atoms with Crippen molar-refractivity contribution in [1.29, 1.82) is 0 Å². The Labute approximate surface area is 188 Å². The number of hydrogen-bond donors (Lipinski definition) is 1. The Morgan fingerprint density at radius 2 is 1.88 bits per heavy atom. The van der Waals surface area contributed by atoms with E-state index in [9.17, 15) is 9.59 Å². The van der Waals surface area contributed by atoms with Crippen LogP contribution in [-0.2, 0) is 22.5 Å². The van der Waals surface area contributed by atoms with E-state index in [0.717, 1.165) is 42.5 Å². The summed E-state index contributed by atoms with van der Waals surface area (Å²) in [5, 5.41) is 2.95. The molecule has 0 unspecified atom stereocenters. The van der Waals surface area contributed by atoms with Crippen molar-refractivity contribution in [3.63, 3.8) is 0 Å². The Bertz CT molecular complexity index is 1060. The van der Waals surface area contributed by atoms with Gasteiger partial charge in [0.2, 0.25) is 0 Å². The average molecular weight is 438 g/mol. The van der Waals surface area contributed by atoms with E-state index in [2.05, 4.69) is 5.32 Å². The van der Waals surface area contributed by atoms with Gasteiger partial charge in [-0.05, 0) is 57.0 Å². The second-order valence-corrected chi connectivity index (χ2v) is 7.94. The number of nitrogens with zero attached hydrogens (tertiary/aromatic N) is 2. The van der Waals surface area contributed by atoms with Gasteiger partial charge in [-0.25, -0.2) is 4.98 Å². The monoisotopic (exact) mass is 437 g/mol. The van der Waals surface area contributed by atoms with Crippen molar-refractivity contribution in [3.05, 3.63) is 59.9 Å². The minimum absolute atomic E-state index is 0.102. The first-order chi connectivity index (χ1) is 15.5. The number of methoxy groups -OCH3 is 1. The highest BCUT2D eigenvalue weighted by molar-refractivity contribution is 5.94. The smallest absolute Gasteiger partial charge is 0.326 e. The summed E-state index contributed by atoms with van der Waals surface area (Å²) in [4.78, 5) is 29.2. The number of esters is 1. The summed E-state index contributed by atoms with van der Waals surface area (Å²) in [6, 6.07) is 14.9. The average Bonchev–Trinajstić information content (AvgIpc) is 3.12. The van der Waals surface area contributed by atoms with E-state index >= 15 is 0 Å². The second kappa shape index (κ2) is 11.3. The van der Waals surface area contributed by atoms with Crippen molar-refractivity contribution in [1.82, 2.24) is 14.9 Å². The number of amides is 1. The molecule has 1 aromatic heterocycles. The molecule has 1 N–H and O–H groups in total. The van der Waals surface area contributed by atoms with Crippen LogP contribution in [0.4, 0.5) is 0 Å². The number of benzene rings is 2. The van der Waals surface area contributed by atoms with Gasteiger partial charge < -0.3 is 19.4 Å². The molecule has 0 radical (unpaired) electrons. The Kier molecular flexibility index (Phi) is 8.25. The lowest BCUT2D eigenvalue weighted by Crippen LogP contribution is -2.24. The number of carbonyl (C=O) groups is 2. The predicted molar refractivity (Wildman–Crippen MR) is 124 cm³/mol. The van der Waals surface area contributed by atoms with Crippen LogP contribution in [0.1, 0.15) is 49.3 Å². The van der Waals surface area contributed by atoms with E-state index in [-0.39, 0.29) is 24.5 Å². The number of para-hydroxylation sites is 2. The number of unbranched alkanes of at least 4 members (excludes halogenated alkanes) is 2. The fourth-order valence-corrected chi connectivity index (χ4v) is 3.58. The van der Waals surface area contributed by atoms with Crippen LogP contribution in [0, 0.1) is 0 Å². The summed E-state index contributed by atoms with van der Waals surface area (Å²) in [6.45, 7) is 4.45. The third kappa shape index (κ3) is 6.33. The van der Waals surface area contributed by atoms with E-state index < -0.39 is 0 Å². The van der Waals surface area contributed by atoms with Crippen molar-refractivity contribution in [2.75, 3.05) is 13.7 Å². The van der Waals surface area contributed by atoms with Gasteiger partial charge in [-0.3, -0.25) is 9.59 Å². The van der Waals surface area contributed by atoms with Crippen LogP contribution in [-0.4, -0.2) is 41.2 Å². The lowest BCUT2D eigenvalue weighted by atomic mass is 10.1. The van der Waals surface area contributed by atoms with E-state index in [1.54, 1.807) is 25.3 Å². The SMILES string of the molecule is COc1cccc(C(=O)NCCCCCc2nc3ccccc3n2CC(=O)OC(C)C)c1. The number of aromatic nitrogens is 2. The number of rotatable bonds is 11. The molecule has 0 aliphatic rings. The Morgan fingerprint density at radius 1 is 1.06 bits per heavy atom. The number of hydrogen-bond acceptors (Lipinski definition) is 5. The lowest BCUT2D eigenvalue weighted by molar-refractivity contribution is -0.148. The van der Waals surface area contributed by atoms with Crippen LogP contribution in [0.25, 0.3) is 11.0 Å². The quantitative estimate of drug-likeness (QED) is 0.360. The van der Waals surface area contributed by atoms with Crippen molar-refractivity contribution in [2.24, 2.45) is 0 Å². The van der Waals surface area contributed by atoms with Crippen LogP contribution >= 0.6 is 0 Å². The number of aryl methyl sites for hydroxylation is 1. The molecule has 32 heavy (non-hydrogen) atoms. The maximum atomic E-state index is 12.3. The molecule has 170 valence electrons. The highest BCUT2D eigenvalue weighted by Crippen LogP contribution is 2.18. The maximum absolute atomic E-state index is 12.3. The Morgan fingerprint density at radius 3 is 2.66 bits per heavy atom. The Hall–Kier alpha value is -3.35. The minimum atomic E-state index is -0.260. The molecule has 7 nitrogen and oxygen atoms in total. The van der Waals surface area contributed by atoms with Crippen molar-refractivity contribution in [3.8, 4) is 5.75 Å². The van der Waals surface area contributed by atoms with Gasteiger partial charge in [0.15, 0.2) is 0 Å². The van der Waals surface area contributed by atoms with Crippen LogP contribution in [0.3, 0.4) is 0 Å². The maximum Gasteiger partial charge on any atom is 0.326 e. The van der Waals surface area contributed by atoms with Gasteiger partial charge in [0.05, 0.1) is 24.2 Å². The van der Waals surface area contributed by atoms with Crippen molar-refractivity contribution in [2.45, 2.75) is 52.2 Å². The normalized spacial score (nSPS) is 11.0. The molecule has 0 aliphatic heterocycles. The van der Waals surface area contributed by atoms with Crippen LogP contribution < -0.4 is 10.1 Å². The molecule has 3 rings (SSSR count). The predicted octanol–water partition coefficient (Wildman–Crippen LogP) is 4.14. The molecule has 3 aromatic rings. The first kappa shape index (κ1) is 23.3. The molecule has 0 bridgehead atoms. The van der Waals surface area contributed by atoms with Crippen molar-refractivity contribution >= 4 is 22.9 Å².